The van der Waals surface area contributed by atoms with Gasteiger partial charge in [0.25, 0.3) is 5.82 Å². The van der Waals surface area contributed by atoms with Gasteiger partial charge in [-0.25, -0.2) is 9.13 Å². The second kappa shape index (κ2) is 8.65. The first-order valence-corrected chi connectivity index (χ1v) is 8.37. The van der Waals surface area contributed by atoms with Crippen molar-refractivity contribution in [2.24, 2.45) is 0 Å². The molecule has 0 unspecified atom stereocenters. The summed E-state index contributed by atoms with van der Waals surface area (Å²) in [6.45, 7) is 3.05. The molecule has 1 heterocycles. The van der Waals surface area contributed by atoms with Crippen LogP contribution < -0.4 is 21.5 Å². The standard InChI is InChI=1S/C19H17Cl2N2O.BrH/c1-14-22(12-15-5-3-2-4-6-15)9-10-23(14)13-19(24)16-7-8-17(20)18(21)11-16;/h2-11H,12-13H2,1H3;1H/q+1;/p-1. The van der Waals surface area contributed by atoms with Crippen LogP contribution in [0.2, 0.25) is 10.0 Å². The highest BCUT2D eigenvalue weighted by Gasteiger charge is 2.17. The third-order valence-electron chi connectivity index (χ3n) is 4.01. The Bertz CT molecular complexity index is 878. The van der Waals surface area contributed by atoms with Crippen molar-refractivity contribution in [1.82, 2.24) is 4.57 Å². The van der Waals surface area contributed by atoms with Gasteiger partial charge in [0.1, 0.15) is 18.9 Å². The maximum absolute atomic E-state index is 12.5. The third kappa shape index (κ3) is 4.72. The van der Waals surface area contributed by atoms with E-state index in [1.54, 1.807) is 18.2 Å². The molecule has 0 radical (unpaired) electrons. The van der Waals surface area contributed by atoms with Crippen molar-refractivity contribution in [3.05, 3.63) is 87.9 Å². The summed E-state index contributed by atoms with van der Waals surface area (Å²) in [7, 11) is 0. The zero-order valence-electron chi connectivity index (χ0n) is 13.6. The largest absolute Gasteiger partial charge is 1.00 e. The normalized spacial score (nSPS) is 10.4. The van der Waals surface area contributed by atoms with E-state index >= 15 is 0 Å². The molecule has 0 amide bonds. The Balaban J connectivity index is 0.00000225. The minimum atomic E-state index is -0.000808. The summed E-state index contributed by atoms with van der Waals surface area (Å²) >= 11 is 11.9. The maximum Gasteiger partial charge on any atom is 0.253 e. The second-order valence-electron chi connectivity index (χ2n) is 5.64. The average Bonchev–Trinajstić information content (AvgIpc) is 2.91. The Labute approximate surface area is 167 Å². The zero-order chi connectivity index (χ0) is 17.1. The van der Waals surface area contributed by atoms with Crippen molar-refractivity contribution < 1.29 is 26.3 Å². The van der Waals surface area contributed by atoms with Crippen molar-refractivity contribution in [3.8, 4) is 0 Å². The molecule has 0 aliphatic rings. The lowest BCUT2D eigenvalue weighted by atomic mass is 10.1. The van der Waals surface area contributed by atoms with Gasteiger partial charge < -0.3 is 17.0 Å². The summed E-state index contributed by atoms with van der Waals surface area (Å²) < 4.78 is 4.06. The predicted octanol–water partition coefficient (Wildman–Crippen LogP) is 1.33. The van der Waals surface area contributed by atoms with Gasteiger partial charge in [0.2, 0.25) is 5.78 Å². The molecule has 0 saturated heterocycles. The van der Waals surface area contributed by atoms with Crippen LogP contribution in [0.4, 0.5) is 0 Å². The molecule has 1 aromatic heterocycles. The Morgan fingerprint density at radius 3 is 2.48 bits per heavy atom. The quantitative estimate of drug-likeness (QED) is 0.435. The van der Waals surface area contributed by atoms with E-state index in [-0.39, 0.29) is 29.3 Å². The molecule has 25 heavy (non-hydrogen) atoms. The van der Waals surface area contributed by atoms with Crippen LogP contribution in [-0.4, -0.2) is 10.4 Å². The highest BCUT2D eigenvalue weighted by molar-refractivity contribution is 6.42. The number of carbonyl (C=O) groups is 1. The molecule has 2 aromatic carbocycles. The molecular weight excluding hydrogens is 423 g/mol. The summed E-state index contributed by atoms with van der Waals surface area (Å²) in [5, 5.41) is 0.844. The molecule has 0 fully saturated rings. The van der Waals surface area contributed by atoms with E-state index in [2.05, 4.69) is 16.7 Å². The smallest absolute Gasteiger partial charge is 0.253 e. The number of aromatic nitrogens is 2. The first-order chi connectivity index (χ1) is 11.5. The van der Waals surface area contributed by atoms with Crippen LogP contribution in [0.3, 0.4) is 0 Å². The first kappa shape index (κ1) is 19.7. The van der Waals surface area contributed by atoms with Gasteiger partial charge in [-0.15, -0.1) is 0 Å². The van der Waals surface area contributed by atoms with Crippen LogP contribution in [0.1, 0.15) is 21.7 Å². The average molecular weight is 440 g/mol. The molecule has 0 aliphatic carbocycles. The zero-order valence-corrected chi connectivity index (χ0v) is 16.7. The monoisotopic (exact) mass is 438 g/mol. The van der Waals surface area contributed by atoms with Crippen LogP contribution >= 0.6 is 23.2 Å². The molecule has 0 N–H and O–H groups in total. The molecule has 0 atom stereocenters. The molecule has 130 valence electrons. The Kier molecular flexibility index (Phi) is 6.82. The van der Waals surface area contributed by atoms with E-state index in [9.17, 15) is 4.79 Å². The lowest BCUT2D eigenvalue weighted by molar-refractivity contribution is -0.693. The number of carbonyl (C=O) groups excluding carboxylic acids is 1. The molecule has 3 rings (SSSR count). The van der Waals surface area contributed by atoms with Crippen molar-refractivity contribution in [3.63, 3.8) is 0 Å². The third-order valence-corrected chi connectivity index (χ3v) is 4.75. The molecule has 0 aliphatic heterocycles. The van der Waals surface area contributed by atoms with Gasteiger partial charge in [0.15, 0.2) is 6.54 Å². The molecule has 3 nitrogen and oxygen atoms in total. The van der Waals surface area contributed by atoms with Crippen LogP contribution in [0, 0.1) is 6.92 Å². The Morgan fingerprint density at radius 1 is 1.08 bits per heavy atom. The van der Waals surface area contributed by atoms with Crippen molar-refractivity contribution in [1.29, 1.82) is 0 Å². The van der Waals surface area contributed by atoms with Gasteiger partial charge in [-0.2, -0.15) is 0 Å². The molecule has 6 heteroatoms. The Morgan fingerprint density at radius 2 is 1.80 bits per heavy atom. The van der Waals surface area contributed by atoms with E-state index in [1.165, 1.54) is 5.56 Å². The summed E-state index contributed by atoms with van der Waals surface area (Å²) in [4.78, 5) is 12.5. The highest BCUT2D eigenvalue weighted by atomic mass is 79.9. The van der Waals surface area contributed by atoms with E-state index in [4.69, 9.17) is 23.2 Å². The second-order valence-corrected chi connectivity index (χ2v) is 6.45. The van der Waals surface area contributed by atoms with Gasteiger partial charge in [-0.1, -0.05) is 53.5 Å². The minimum Gasteiger partial charge on any atom is -1.00 e. The number of hydrogen-bond acceptors (Lipinski definition) is 1. The number of rotatable bonds is 5. The first-order valence-electron chi connectivity index (χ1n) is 7.62. The number of benzene rings is 2. The lowest BCUT2D eigenvalue weighted by Crippen LogP contribution is -3.00. The lowest BCUT2D eigenvalue weighted by Gasteiger charge is -2.03. The number of Topliss-reactive ketones (excluding diaryl/α,β-unsaturated/α-hetero) is 1. The number of hydrogen-bond donors (Lipinski definition) is 0. The van der Waals surface area contributed by atoms with Crippen LogP contribution in [-0.2, 0) is 13.1 Å². The SMILES string of the molecule is Cc1n(CC(=O)c2ccc(Cl)c(Cl)c2)cc[n+]1Cc1ccccc1.[Br-]. The fourth-order valence-corrected chi connectivity index (χ4v) is 2.87. The van der Waals surface area contributed by atoms with Crippen molar-refractivity contribution in [2.75, 3.05) is 0 Å². The number of imidazole rings is 1. The molecule has 0 spiro atoms. The summed E-state index contributed by atoms with van der Waals surface area (Å²) in [5.74, 6) is 1.02. The van der Waals surface area contributed by atoms with E-state index in [0.717, 1.165) is 12.4 Å². The number of ketones is 1. The van der Waals surface area contributed by atoms with E-state index in [1.807, 2.05) is 42.1 Å². The van der Waals surface area contributed by atoms with Crippen molar-refractivity contribution in [2.45, 2.75) is 20.0 Å². The van der Waals surface area contributed by atoms with Gasteiger partial charge in [-0.3, -0.25) is 4.79 Å². The summed E-state index contributed by atoms with van der Waals surface area (Å²) in [6.07, 6.45) is 3.91. The molecule has 0 bridgehead atoms. The Hall–Kier alpha value is -1.62. The van der Waals surface area contributed by atoms with E-state index < -0.39 is 0 Å². The molecule has 3 aromatic rings. The fourth-order valence-electron chi connectivity index (χ4n) is 2.57. The molecule has 0 saturated carbocycles. The molecular formula is C19H17BrCl2N2O. The summed E-state index contributed by atoms with van der Waals surface area (Å²) in [6, 6.07) is 15.2. The maximum atomic E-state index is 12.5. The topological polar surface area (TPSA) is 25.9 Å². The van der Waals surface area contributed by atoms with Crippen LogP contribution in [0.15, 0.2) is 60.9 Å². The fraction of sp³-hybridized carbons (Fsp3) is 0.158. The van der Waals surface area contributed by atoms with Gasteiger partial charge in [0.05, 0.1) is 10.0 Å². The summed E-state index contributed by atoms with van der Waals surface area (Å²) in [5.41, 5.74) is 1.78. The van der Waals surface area contributed by atoms with Gasteiger partial charge in [-0.05, 0) is 23.8 Å². The minimum absolute atomic E-state index is 0. The van der Waals surface area contributed by atoms with Crippen LogP contribution in [0.5, 0.6) is 0 Å². The van der Waals surface area contributed by atoms with Crippen LogP contribution in [0.25, 0.3) is 0 Å². The van der Waals surface area contributed by atoms with Gasteiger partial charge in [0, 0.05) is 12.5 Å². The number of halogens is 3. The van der Waals surface area contributed by atoms with Gasteiger partial charge >= 0.3 is 0 Å². The predicted molar refractivity (Wildman–Crippen MR) is 95.7 cm³/mol. The van der Waals surface area contributed by atoms with E-state index in [0.29, 0.717) is 15.6 Å². The van der Waals surface area contributed by atoms with Crippen molar-refractivity contribution >= 4 is 29.0 Å². The number of nitrogens with zero attached hydrogens (tertiary/aromatic N) is 2. The highest BCUT2D eigenvalue weighted by Crippen LogP contribution is 2.23.